The number of hydrogen-bond acceptors (Lipinski definition) is 5. The van der Waals surface area contributed by atoms with Crippen LogP contribution in [0.5, 0.6) is 0 Å². The van der Waals surface area contributed by atoms with E-state index in [2.05, 4.69) is 20.9 Å². The molecule has 3 aromatic rings. The van der Waals surface area contributed by atoms with Crippen molar-refractivity contribution in [2.75, 3.05) is 30.4 Å². The van der Waals surface area contributed by atoms with Crippen LogP contribution < -0.4 is 16.0 Å². The van der Waals surface area contributed by atoms with Gasteiger partial charge in [0.2, 0.25) is 0 Å². The number of rotatable bonds is 3. The van der Waals surface area contributed by atoms with Crippen molar-refractivity contribution in [2.45, 2.75) is 32.6 Å². The molecule has 9 heteroatoms. The number of imidazole rings is 1. The Labute approximate surface area is 172 Å². The molecule has 156 valence electrons. The molecule has 0 bridgehead atoms. The summed E-state index contributed by atoms with van der Waals surface area (Å²) >= 11 is 1.14. The number of nitrogens with two attached hydrogens (primary N) is 1. The Morgan fingerprint density at radius 2 is 1.79 bits per heavy atom. The molecule has 0 atom stereocenters. The number of amides is 1. The lowest BCUT2D eigenvalue weighted by atomic mass is 10.2. The van der Waals surface area contributed by atoms with Crippen LogP contribution in [0.4, 0.5) is 19.5 Å². The average molecular weight is 422 g/mol. The van der Waals surface area contributed by atoms with Crippen LogP contribution in [0.25, 0.3) is 5.65 Å². The van der Waals surface area contributed by atoms with E-state index < -0.39 is 17.5 Å². The molecule has 1 saturated heterocycles. The molecule has 3 aromatic heterocycles. The summed E-state index contributed by atoms with van der Waals surface area (Å²) in [6.45, 7) is 3.52. The highest BCUT2D eigenvalue weighted by Crippen LogP contribution is 2.31. The third kappa shape index (κ3) is 4.73. The first-order valence-corrected chi connectivity index (χ1v) is 10.4. The van der Waals surface area contributed by atoms with Gasteiger partial charge in [0, 0.05) is 37.6 Å². The summed E-state index contributed by atoms with van der Waals surface area (Å²) in [5.41, 5.74) is 5.62. The first kappa shape index (κ1) is 21.2. The van der Waals surface area contributed by atoms with E-state index >= 15 is 0 Å². The van der Waals surface area contributed by atoms with E-state index in [9.17, 15) is 13.6 Å². The van der Waals surface area contributed by atoms with Crippen LogP contribution in [0.1, 0.15) is 41.0 Å². The molecule has 0 radical (unpaired) electrons. The van der Waals surface area contributed by atoms with Crippen LogP contribution in [0.3, 0.4) is 0 Å². The highest BCUT2D eigenvalue weighted by molar-refractivity contribution is 7.18. The molecule has 1 aliphatic rings. The predicted molar refractivity (Wildman–Crippen MR) is 113 cm³/mol. The summed E-state index contributed by atoms with van der Waals surface area (Å²) < 4.78 is 30.1. The van der Waals surface area contributed by atoms with Gasteiger partial charge >= 0.3 is 0 Å². The average Bonchev–Trinajstić information content (AvgIpc) is 3.15. The van der Waals surface area contributed by atoms with Crippen LogP contribution >= 0.6 is 11.3 Å². The van der Waals surface area contributed by atoms with E-state index in [0.29, 0.717) is 5.69 Å². The lowest BCUT2D eigenvalue weighted by Gasteiger charge is -2.19. The zero-order valence-electron chi connectivity index (χ0n) is 16.5. The number of halogens is 2. The Morgan fingerprint density at radius 1 is 1.10 bits per heavy atom. The minimum Gasteiger partial charge on any atom is -0.363 e. The number of aromatic nitrogens is 2. The smallest absolute Gasteiger partial charge is 0.268 e. The minimum atomic E-state index is -0.575. The molecule has 6 nitrogen and oxygen atoms in total. The van der Waals surface area contributed by atoms with Crippen molar-refractivity contribution in [3.8, 4) is 0 Å². The lowest BCUT2D eigenvalue weighted by molar-refractivity contribution is 0.102. The van der Waals surface area contributed by atoms with Gasteiger partial charge in [-0.25, -0.2) is 13.8 Å². The lowest BCUT2D eigenvalue weighted by Crippen LogP contribution is -2.22. The van der Waals surface area contributed by atoms with Gasteiger partial charge in [-0.1, -0.05) is 12.8 Å². The zero-order chi connectivity index (χ0) is 21.0. The maximum absolute atomic E-state index is 14.4. The third-order valence-corrected chi connectivity index (χ3v) is 5.85. The van der Waals surface area contributed by atoms with Crippen molar-refractivity contribution >= 4 is 33.6 Å². The molecular formula is C20H25F2N5OS. The van der Waals surface area contributed by atoms with E-state index in [1.165, 1.54) is 36.4 Å². The van der Waals surface area contributed by atoms with Gasteiger partial charge in [-0.2, -0.15) is 0 Å². The summed E-state index contributed by atoms with van der Waals surface area (Å²) in [7, 11) is 1.50. The van der Waals surface area contributed by atoms with Gasteiger partial charge in [0.15, 0.2) is 11.5 Å². The number of carbonyl (C=O) groups is 1. The summed E-state index contributed by atoms with van der Waals surface area (Å²) in [6, 6.07) is 2.62. The topological polar surface area (TPSA) is 75.7 Å². The van der Waals surface area contributed by atoms with Crippen LogP contribution in [0, 0.1) is 18.6 Å². The van der Waals surface area contributed by atoms with Crippen molar-refractivity contribution in [2.24, 2.45) is 5.73 Å². The molecule has 1 amide bonds. The van der Waals surface area contributed by atoms with Crippen molar-refractivity contribution in [3.05, 3.63) is 46.7 Å². The van der Waals surface area contributed by atoms with E-state index in [4.69, 9.17) is 0 Å². The Bertz CT molecular complexity index is 992. The van der Waals surface area contributed by atoms with Crippen LogP contribution in [-0.4, -0.2) is 35.4 Å². The maximum Gasteiger partial charge on any atom is 0.268 e. The molecular weight excluding hydrogens is 396 g/mol. The van der Waals surface area contributed by atoms with Crippen LogP contribution in [0.2, 0.25) is 0 Å². The third-order valence-electron chi connectivity index (χ3n) is 4.68. The molecule has 0 saturated carbocycles. The number of aryl methyl sites for hydroxylation is 1. The maximum atomic E-state index is 14.4. The number of anilines is 2. The largest absolute Gasteiger partial charge is 0.363 e. The summed E-state index contributed by atoms with van der Waals surface area (Å²) in [6.07, 6.45) is 7.74. The Hall–Kier alpha value is -2.52. The van der Waals surface area contributed by atoms with Gasteiger partial charge in [0.1, 0.15) is 10.7 Å². The number of fused-ring (bicyclic) bond motifs is 1. The van der Waals surface area contributed by atoms with Gasteiger partial charge in [-0.3, -0.25) is 4.79 Å². The zero-order valence-corrected chi connectivity index (χ0v) is 17.4. The van der Waals surface area contributed by atoms with Gasteiger partial charge in [-0.15, -0.1) is 11.3 Å². The SMILES string of the molecule is CN.Cc1cn2cc(NC(=O)c3sc(N4CCCCCC4)cc3F)cc(F)c2n1. The van der Waals surface area contributed by atoms with E-state index in [1.807, 2.05) is 0 Å². The van der Waals surface area contributed by atoms with Gasteiger partial charge < -0.3 is 20.4 Å². The second-order valence-corrected chi connectivity index (χ2v) is 7.84. The monoisotopic (exact) mass is 421 g/mol. The van der Waals surface area contributed by atoms with Crippen LogP contribution in [0.15, 0.2) is 24.5 Å². The van der Waals surface area contributed by atoms with Crippen molar-refractivity contribution in [1.29, 1.82) is 0 Å². The number of hydrogen-bond donors (Lipinski definition) is 2. The standard InChI is InChI=1S/C19H20F2N4OS.CH5N/c1-12-10-25-11-13(8-15(21)18(25)22-12)23-19(26)17-14(20)9-16(27-17)24-6-4-2-3-5-7-24;1-2/h8-11H,2-7H2,1H3,(H,23,26);2H2,1H3. The fourth-order valence-electron chi connectivity index (χ4n) is 3.39. The van der Waals surface area contributed by atoms with E-state index in [0.717, 1.165) is 42.3 Å². The number of thiophene rings is 1. The Morgan fingerprint density at radius 3 is 2.48 bits per heavy atom. The first-order valence-electron chi connectivity index (χ1n) is 9.59. The highest BCUT2D eigenvalue weighted by atomic mass is 32.1. The summed E-state index contributed by atoms with van der Waals surface area (Å²) in [4.78, 5) is 18.8. The van der Waals surface area contributed by atoms with Crippen molar-refractivity contribution in [1.82, 2.24) is 9.38 Å². The fourth-order valence-corrected chi connectivity index (χ4v) is 4.38. The fraction of sp³-hybridized carbons (Fsp3) is 0.400. The molecule has 1 fully saturated rings. The van der Waals surface area contributed by atoms with Gasteiger partial charge in [-0.05, 0) is 26.8 Å². The molecule has 4 heterocycles. The quantitative estimate of drug-likeness (QED) is 0.665. The molecule has 0 spiro atoms. The highest BCUT2D eigenvalue weighted by Gasteiger charge is 2.21. The van der Waals surface area contributed by atoms with Gasteiger partial charge in [0.05, 0.1) is 16.4 Å². The number of pyridine rings is 1. The first-order chi connectivity index (χ1) is 14.0. The van der Waals surface area contributed by atoms with Crippen molar-refractivity contribution < 1.29 is 13.6 Å². The Kier molecular flexibility index (Phi) is 6.81. The molecule has 0 aromatic carbocycles. The second-order valence-electron chi connectivity index (χ2n) is 6.81. The molecule has 0 aliphatic carbocycles. The molecule has 1 aliphatic heterocycles. The van der Waals surface area contributed by atoms with Crippen LogP contribution in [-0.2, 0) is 0 Å². The second kappa shape index (κ2) is 9.32. The predicted octanol–water partition coefficient (Wildman–Crippen LogP) is 4.19. The minimum absolute atomic E-state index is 0.0107. The van der Waals surface area contributed by atoms with Crippen molar-refractivity contribution in [3.63, 3.8) is 0 Å². The molecule has 29 heavy (non-hydrogen) atoms. The molecule has 0 unspecified atom stereocenters. The number of nitrogens with one attached hydrogen (secondary N) is 1. The molecule has 3 N–H and O–H groups in total. The van der Waals surface area contributed by atoms with E-state index in [1.54, 1.807) is 19.3 Å². The normalized spacial score (nSPS) is 14.3. The number of nitrogens with zero attached hydrogens (tertiary/aromatic N) is 3. The Balaban J connectivity index is 0.00000117. The number of carbonyl (C=O) groups excluding carboxylic acids is 1. The van der Waals surface area contributed by atoms with E-state index in [-0.39, 0.29) is 16.2 Å². The van der Waals surface area contributed by atoms with Gasteiger partial charge in [0.25, 0.3) is 5.91 Å². The summed E-state index contributed by atoms with van der Waals surface area (Å²) in [5.74, 6) is -1.66. The summed E-state index contributed by atoms with van der Waals surface area (Å²) in [5, 5.41) is 3.36. The molecule has 4 rings (SSSR count).